The first kappa shape index (κ1) is 13.2. The fraction of sp³-hybridized carbons (Fsp3) is 0.455. The van der Waals surface area contributed by atoms with E-state index in [9.17, 15) is 0 Å². The first-order chi connectivity index (χ1) is 9.10. The van der Waals surface area contributed by atoms with E-state index in [0.717, 1.165) is 11.4 Å². The molecule has 19 heavy (non-hydrogen) atoms. The van der Waals surface area contributed by atoms with Gasteiger partial charge < -0.3 is 15.3 Å². The van der Waals surface area contributed by atoms with Gasteiger partial charge in [-0.3, -0.25) is 0 Å². The van der Waals surface area contributed by atoms with Crippen LogP contribution in [0.5, 0.6) is 0 Å². The summed E-state index contributed by atoms with van der Waals surface area (Å²) in [6.45, 7) is 6.14. The molecule has 2 rings (SSSR count). The lowest BCUT2D eigenvalue weighted by atomic mass is 10.3. The van der Waals surface area contributed by atoms with Gasteiger partial charge in [0.05, 0.1) is 0 Å². The van der Waals surface area contributed by atoms with Crippen molar-refractivity contribution in [2.45, 2.75) is 27.2 Å². The molecule has 8 heteroatoms. The highest BCUT2D eigenvalue weighted by Crippen LogP contribution is 2.18. The third-order valence-electron chi connectivity index (χ3n) is 2.60. The fourth-order valence-electron chi connectivity index (χ4n) is 1.67. The van der Waals surface area contributed by atoms with E-state index in [1.165, 1.54) is 0 Å². The Hall–Kier alpha value is -2.22. The maximum Gasteiger partial charge on any atom is 0.228 e. The van der Waals surface area contributed by atoms with Crippen molar-refractivity contribution in [1.82, 2.24) is 20.1 Å². The average Bonchev–Trinajstić information content (AvgIpc) is 2.79. The topological polar surface area (TPSA) is 115 Å². The van der Waals surface area contributed by atoms with Crippen LogP contribution in [0.4, 0.5) is 11.6 Å². The number of aromatic nitrogens is 4. The lowest BCUT2D eigenvalue weighted by Crippen LogP contribution is -2.15. The van der Waals surface area contributed by atoms with Crippen LogP contribution < -0.4 is 16.6 Å². The predicted molar refractivity (Wildman–Crippen MR) is 70.5 cm³/mol. The maximum absolute atomic E-state index is 5.41. The van der Waals surface area contributed by atoms with E-state index in [4.69, 9.17) is 10.4 Å². The Bertz CT molecular complexity index is 566. The minimum atomic E-state index is 0.602. The second-order valence-corrected chi connectivity index (χ2v) is 4.15. The molecule has 2 heterocycles. The van der Waals surface area contributed by atoms with Crippen molar-refractivity contribution in [3.63, 3.8) is 0 Å². The van der Waals surface area contributed by atoms with Gasteiger partial charge in [0.15, 0.2) is 5.82 Å². The van der Waals surface area contributed by atoms with Crippen LogP contribution in [-0.4, -0.2) is 26.7 Å². The molecule has 0 saturated heterocycles. The van der Waals surface area contributed by atoms with Crippen LogP contribution in [0, 0.1) is 20.8 Å². The van der Waals surface area contributed by atoms with E-state index >= 15 is 0 Å². The van der Waals surface area contributed by atoms with Gasteiger partial charge in [-0.2, -0.15) is 4.98 Å². The van der Waals surface area contributed by atoms with Crippen molar-refractivity contribution < 1.29 is 4.52 Å². The summed E-state index contributed by atoms with van der Waals surface area (Å²) in [6, 6.07) is 0. The summed E-state index contributed by atoms with van der Waals surface area (Å²) >= 11 is 0. The second kappa shape index (κ2) is 5.61. The van der Waals surface area contributed by atoms with Crippen molar-refractivity contribution in [3.8, 4) is 0 Å². The van der Waals surface area contributed by atoms with Gasteiger partial charge in [-0.15, -0.1) is 0 Å². The lowest BCUT2D eigenvalue weighted by Gasteiger charge is -2.11. The number of nitrogens with two attached hydrogens (primary N) is 1. The molecule has 0 fully saturated rings. The predicted octanol–water partition coefficient (Wildman–Crippen LogP) is 0.725. The molecule has 8 nitrogen and oxygen atoms in total. The summed E-state index contributed by atoms with van der Waals surface area (Å²) < 4.78 is 5.03. The fourth-order valence-corrected chi connectivity index (χ4v) is 1.67. The number of aryl methyl sites for hydroxylation is 2. The Morgan fingerprint density at radius 3 is 2.42 bits per heavy atom. The number of nitrogens with zero attached hydrogens (tertiary/aromatic N) is 4. The lowest BCUT2D eigenvalue weighted by molar-refractivity contribution is 0.377. The number of nitrogens with one attached hydrogen (secondary N) is 2. The molecular formula is C11H17N7O. The minimum absolute atomic E-state index is 0.602. The SMILES string of the molecule is Cc1noc(CCNc2nc(C)nc(NN)c2C)n1. The third-order valence-corrected chi connectivity index (χ3v) is 2.60. The highest BCUT2D eigenvalue weighted by Gasteiger charge is 2.08. The zero-order chi connectivity index (χ0) is 13.8. The number of rotatable bonds is 5. The zero-order valence-corrected chi connectivity index (χ0v) is 11.2. The van der Waals surface area contributed by atoms with Crippen LogP contribution in [0.2, 0.25) is 0 Å². The first-order valence-corrected chi connectivity index (χ1v) is 5.95. The second-order valence-electron chi connectivity index (χ2n) is 4.15. The Morgan fingerprint density at radius 1 is 1.05 bits per heavy atom. The van der Waals surface area contributed by atoms with E-state index < -0.39 is 0 Å². The molecular weight excluding hydrogens is 246 g/mol. The smallest absolute Gasteiger partial charge is 0.228 e. The van der Waals surface area contributed by atoms with Gasteiger partial charge in [0.25, 0.3) is 0 Å². The van der Waals surface area contributed by atoms with E-state index in [1.54, 1.807) is 6.92 Å². The van der Waals surface area contributed by atoms with Crippen LogP contribution in [0.3, 0.4) is 0 Å². The van der Waals surface area contributed by atoms with Crippen LogP contribution >= 0.6 is 0 Å². The first-order valence-electron chi connectivity index (χ1n) is 5.95. The summed E-state index contributed by atoms with van der Waals surface area (Å²) in [4.78, 5) is 12.7. The molecule has 0 saturated carbocycles. The van der Waals surface area contributed by atoms with Crippen LogP contribution in [0.15, 0.2) is 4.52 Å². The standard InChI is InChI=1S/C11H17N7O/c1-6-10(15-7(2)16-11(6)17-12)13-5-4-9-14-8(3)18-19-9/h4-5,12H2,1-3H3,(H2,13,15,16,17). The minimum Gasteiger partial charge on any atom is -0.369 e. The van der Waals surface area contributed by atoms with Gasteiger partial charge in [-0.1, -0.05) is 5.16 Å². The van der Waals surface area contributed by atoms with Gasteiger partial charge in [-0.25, -0.2) is 15.8 Å². The summed E-state index contributed by atoms with van der Waals surface area (Å²) in [5.74, 6) is 8.66. The molecule has 0 atom stereocenters. The molecule has 4 N–H and O–H groups in total. The highest BCUT2D eigenvalue weighted by molar-refractivity contribution is 5.56. The molecule has 0 bridgehead atoms. The Balaban J connectivity index is 2.01. The number of hydrazine groups is 1. The van der Waals surface area contributed by atoms with Crippen LogP contribution in [0.1, 0.15) is 23.1 Å². The van der Waals surface area contributed by atoms with Gasteiger partial charge >= 0.3 is 0 Å². The van der Waals surface area contributed by atoms with E-state index in [1.807, 2.05) is 13.8 Å². The normalized spacial score (nSPS) is 10.5. The molecule has 0 aromatic carbocycles. The molecule has 0 unspecified atom stereocenters. The summed E-state index contributed by atoms with van der Waals surface area (Å²) in [5.41, 5.74) is 3.43. The molecule has 2 aromatic rings. The van der Waals surface area contributed by atoms with E-state index in [-0.39, 0.29) is 0 Å². The summed E-state index contributed by atoms with van der Waals surface area (Å²) in [5, 5.41) is 6.95. The van der Waals surface area contributed by atoms with Gasteiger partial charge in [0.2, 0.25) is 5.89 Å². The van der Waals surface area contributed by atoms with Crippen LogP contribution in [-0.2, 0) is 6.42 Å². The molecule has 2 aromatic heterocycles. The van der Waals surface area contributed by atoms with E-state index in [0.29, 0.717) is 36.3 Å². The Labute approximate surface area is 110 Å². The van der Waals surface area contributed by atoms with Crippen molar-refractivity contribution >= 4 is 11.6 Å². The maximum atomic E-state index is 5.41. The molecule has 0 aliphatic carbocycles. The molecule has 0 aliphatic heterocycles. The summed E-state index contributed by atoms with van der Waals surface area (Å²) in [6.07, 6.45) is 0.634. The molecule has 0 amide bonds. The van der Waals surface area contributed by atoms with Gasteiger partial charge in [-0.05, 0) is 20.8 Å². The average molecular weight is 263 g/mol. The largest absolute Gasteiger partial charge is 0.369 e. The van der Waals surface area contributed by atoms with Crippen molar-refractivity contribution in [2.75, 3.05) is 17.3 Å². The van der Waals surface area contributed by atoms with Crippen molar-refractivity contribution in [1.29, 1.82) is 0 Å². The molecule has 0 spiro atoms. The quantitative estimate of drug-likeness (QED) is 0.534. The molecule has 102 valence electrons. The molecule has 0 radical (unpaired) electrons. The van der Waals surface area contributed by atoms with Crippen molar-refractivity contribution in [3.05, 3.63) is 23.1 Å². The van der Waals surface area contributed by atoms with Gasteiger partial charge in [0, 0.05) is 18.5 Å². The van der Waals surface area contributed by atoms with Crippen LogP contribution in [0.25, 0.3) is 0 Å². The highest BCUT2D eigenvalue weighted by atomic mass is 16.5. The third kappa shape index (κ3) is 3.16. The zero-order valence-electron chi connectivity index (χ0n) is 11.2. The van der Waals surface area contributed by atoms with E-state index in [2.05, 4.69) is 30.9 Å². The number of hydrogen-bond acceptors (Lipinski definition) is 8. The Morgan fingerprint density at radius 2 is 1.79 bits per heavy atom. The monoisotopic (exact) mass is 263 g/mol. The van der Waals surface area contributed by atoms with Crippen molar-refractivity contribution in [2.24, 2.45) is 5.84 Å². The molecule has 0 aliphatic rings. The number of nitrogen functional groups attached to an aromatic ring is 1. The Kier molecular flexibility index (Phi) is 3.91. The summed E-state index contributed by atoms with van der Waals surface area (Å²) in [7, 11) is 0. The van der Waals surface area contributed by atoms with Gasteiger partial charge in [0.1, 0.15) is 17.5 Å². The number of hydrogen-bond donors (Lipinski definition) is 3. The number of anilines is 2.